The van der Waals surface area contributed by atoms with Crippen molar-refractivity contribution in [1.82, 2.24) is 9.88 Å². The largest absolute Gasteiger partial charge is 0.494 e. The van der Waals surface area contributed by atoms with Crippen molar-refractivity contribution in [2.75, 3.05) is 25.2 Å². The Morgan fingerprint density at radius 1 is 1.28 bits per heavy atom. The van der Waals surface area contributed by atoms with E-state index in [0.29, 0.717) is 10.5 Å². The van der Waals surface area contributed by atoms with Crippen molar-refractivity contribution in [3.8, 4) is 17.6 Å². The highest BCUT2D eigenvalue weighted by molar-refractivity contribution is 8.09. The summed E-state index contributed by atoms with van der Waals surface area (Å²) in [6, 6.07) is 4.35. The summed E-state index contributed by atoms with van der Waals surface area (Å²) in [5.74, 6) is -1.31. The van der Waals surface area contributed by atoms with Crippen molar-refractivity contribution in [1.29, 1.82) is 5.26 Å². The van der Waals surface area contributed by atoms with Gasteiger partial charge in [0.25, 0.3) is 12.3 Å². The van der Waals surface area contributed by atoms with Gasteiger partial charge in [0.2, 0.25) is 0 Å². The molecule has 188 valence electrons. The number of nitrogens with zero attached hydrogens (tertiary/aromatic N) is 4. The van der Waals surface area contributed by atoms with Crippen LogP contribution in [0.25, 0.3) is 4.91 Å². The number of imide groups is 1. The van der Waals surface area contributed by atoms with Gasteiger partial charge in [0.1, 0.15) is 17.6 Å². The van der Waals surface area contributed by atoms with E-state index < -0.39 is 42.1 Å². The molecule has 0 spiro atoms. The van der Waals surface area contributed by atoms with Crippen molar-refractivity contribution < 1.29 is 32.2 Å². The molecule has 2 aliphatic heterocycles. The van der Waals surface area contributed by atoms with Crippen molar-refractivity contribution in [2.24, 2.45) is 0 Å². The van der Waals surface area contributed by atoms with Crippen LogP contribution in [0, 0.1) is 17.1 Å². The maximum Gasteiger partial charge on any atom is 0.332 e. The zero-order valence-electron chi connectivity index (χ0n) is 18.7. The summed E-state index contributed by atoms with van der Waals surface area (Å²) in [5, 5.41) is 8.39. The van der Waals surface area contributed by atoms with Crippen molar-refractivity contribution in [3.63, 3.8) is 0 Å². The summed E-state index contributed by atoms with van der Waals surface area (Å²) in [7, 11) is 1.31. The second-order valence-electron chi connectivity index (χ2n) is 7.67. The van der Waals surface area contributed by atoms with E-state index in [0.717, 1.165) is 22.7 Å². The topological polar surface area (TPSA) is 95.8 Å². The molecule has 2 atom stereocenters. The quantitative estimate of drug-likeness (QED) is 0.479. The lowest BCUT2D eigenvalue weighted by atomic mass is 10.0. The van der Waals surface area contributed by atoms with E-state index in [4.69, 9.17) is 26.3 Å². The van der Waals surface area contributed by atoms with Crippen LogP contribution in [-0.2, 0) is 4.79 Å². The first-order valence-electron chi connectivity index (χ1n) is 10.5. The molecule has 3 amide bonds. The minimum absolute atomic E-state index is 0.00570. The Labute approximate surface area is 213 Å². The number of hydrogen-bond acceptors (Lipinski definition) is 7. The summed E-state index contributed by atoms with van der Waals surface area (Å²) in [4.78, 5) is 33.6. The molecule has 4 rings (SSSR count). The number of halogens is 4. The highest BCUT2D eigenvalue weighted by Gasteiger charge is 2.50. The lowest BCUT2D eigenvalue weighted by molar-refractivity contribution is -0.119. The predicted molar refractivity (Wildman–Crippen MR) is 127 cm³/mol. The lowest BCUT2D eigenvalue weighted by Gasteiger charge is -2.40. The molecule has 2 unspecified atom stereocenters. The second-order valence-corrected chi connectivity index (χ2v) is 9.26. The number of carbonyl (C=O) groups is 2. The number of ether oxygens (including phenoxy) is 2. The summed E-state index contributed by atoms with van der Waals surface area (Å²) in [6.07, 6.45) is 1.40. The molecule has 3 heterocycles. The summed E-state index contributed by atoms with van der Waals surface area (Å²) >= 11 is 7.40. The highest BCUT2D eigenvalue weighted by atomic mass is 35.5. The third-order valence-electron chi connectivity index (χ3n) is 5.45. The number of hydrogen-bond donors (Lipinski definition) is 0. The fourth-order valence-corrected chi connectivity index (χ4v) is 5.53. The van der Waals surface area contributed by atoms with Gasteiger partial charge in [-0.15, -0.1) is 11.8 Å². The average molecular weight is 539 g/mol. The van der Waals surface area contributed by atoms with E-state index in [-0.39, 0.29) is 35.2 Å². The van der Waals surface area contributed by atoms with Crippen molar-refractivity contribution >= 4 is 45.9 Å². The number of nitriles is 1. The maximum absolute atomic E-state index is 14.1. The fourth-order valence-electron chi connectivity index (χ4n) is 3.86. The van der Waals surface area contributed by atoms with Crippen LogP contribution in [0.15, 0.2) is 36.7 Å². The van der Waals surface area contributed by atoms with Gasteiger partial charge in [-0.3, -0.25) is 9.78 Å². The SMILES string of the molecule is COc1cc(C2=CC3C(S2)C(=O)N(c2cncc(OCC(F)F)c2)C(=O)N3CCC#N)c(Cl)cc1F. The minimum Gasteiger partial charge on any atom is -0.494 e. The number of alkyl halides is 2. The van der Waals surface area contributed by atoms with Crippen LogP contribution >= 0.6 is 23.4 Å². The average Bonchev–Trinajstić information content (AvgIpc) is 3.28. The molecule has 1 aromatic heterocycles. The van der Waals surface area contributed by atoms with Gasteiger partial charge in [-0.1, -0.05) is 11.6 Å². The van der Waals surface area contributed by atoms with Crippen LogP contribution < -0.4 is 14.4 Å². The van der Waals surface area contributed by atoms with Gasteiger partial charge in [-0.25, -0.2) is 22.9 Å². The van der Waals surface area contributed by atoms with Crippen LogP contribution in [0.1, 0.15) is 12.0 Å². The minimum atomic E-state index is -2.72. The van der Waals surface area contributed by atoms with Gasteiger partial charge >= 0.3 is 6.03 Å². The number of urea groups is 1. The molecule has 13 heteroatoms. The first-order valence-corrected chi connectivity index (χ1v) is 11.8. The molecule has 2 aromatic rings. The lowest BCUT2D eigenvalue weighted by Crippen LogP contribution is -2.62. The van der Waals surface area contributed by atoms with E-state index in [1.54, 1.807) is 6.08 Å². The number of benzene rings is 1. The van der Waals surface area contributed by atoms with Gasteiger partial charge in [-0.2, -0.15) is 5.26 Å². The van der Waals surface area contributed by atoms with Gasteiger partial charge in [0.05, 0.1) is 48.7 Å². The number of carbonyl (C=O) groups excluding carboxylic acids is 2. The standard InChI is InChI=1S/C23H18ClF3N4O4S/c1-34-18-6-14(15(24)7-16(18)25)19-8-17-21(36-19)22(32)31(23(33)30(17)4-2-3-28)12-5-13(10-29-9-12)35-11-20(26)27/h5-10,17,20-21H,2,4,11H2,1H3. The zero-order valence-corrected chi connectivity index (χ0v) is 20.2. The zero-order chi connectivity index (χ0) is 26.0. The van der Waals surface area contributed by atoms with Gasteiger partial charge in [0.15, 0.2) is 11.6 Å². The van der Waals surface area contributed by atoms with E-state index in [2.05, 4.69) is 4.98 Å². The third kappa shape index (κ3) is 4.94. The smallest absolute Gasteiger partial charge is 0.332 e. The van der Waals surface area contributed by atoms with E-state index >= 15 is 0 Å². The number of aromatic nitrogens is 1. The fraction of sp³-hybridized carbons (Fsp3) is 0.304. The maximum atomic E-state index is 14.1. The molecular formula is C23H18ClF3N4O4S. The molecule has 1 saturated heterocycles. The molecule has 0 N–H and O–H groups in total. The first-order chi connectivity index (χ1) is 17.2. The van der Waals surface area contributed by atoms with E-state index in [1.165, 1.54) is 36.5 Å². The van der Waals surface area contributed by atoms with E-state index in [9.17, 15) is 22.8 Å². The molecule has 0 aliphatic carbocycles. The Bertz CT molecular complexity index is 1270. The predicted octanol–water partition coefficient (Wildman–Crippen LogP) is 4.73. The third-order valence-corrected chi connectivity index (χ3v) is 7.11. The van der Waals surface area contributed by atoms with Crippen molar-refractivity contribution in [3.05, 3.63) is 53.1 Å². The summed E-state index contributed by atoms with van der Waals surface area (Å²) < 4.78 is 49.2. The Morgan fingerprint density at radius 2 is 2.06 bits per heavy atom. The molecule has 2 aliphatic rings. The molecular weight excluding hydrogens is 521 g/mol. The normalized spacial score (nSPS) is 19.3. The molecule has 1 fully saturated rings. The number of anilines is 1. The molecule has 8 nitrogen and oxygen atoms in total. The number of fused-ring (bicyclic) bond motifs is 1. The van der Waals surface area contributed by atoms with Crippen LogP contribution in [-0.4, -0.2) is 59.8 Å². The number of methoxy groups -OCH3 is 1. The Kier molecular flexibility index (Phi) is 7.61. The van der Waals surface area contributed by atoms with Crippen LogP contribution in [0.3, 0.4) is 0 Å². The second kappa shape index (κ2) is 10.7. The monoisotopic (exact) mass is 538 g/mol. The van der Waals surface area contributed by atoms with Crippen LogP contribution in [0.4, 0.5) is 23.7 Å². The van der Waals surface area contributed by atoms with Crippen LogP contribution in [0.5, 0.6) is 11.5 Å². The molecule has 1 aromatic carbocycles. The first kappa shape index (κ1) is 25.7. The molecule has 0 saturated carbocycles. The Morgan fingerprint density at radius 3 is 2.75 bits per heavy atom. The number of rotatable bonds is 8. The number of thioether (sulfide) groups is 1. The molecule has 36 heavy (non-hydrogen) atoms. The Balaban J connectivity index is 1.70. The number of amides is 3. The van der Waals surface area contributed by atoms with Gasteiger partial charge < -0.3 is 14.4 Å². The van der Waals surface area contributed by atoms with E-state index in [1.807, 2.05) is 6.07 Å². The van der Waals surface area contributed by atoms with Gasteiger partial charge in [-0.05, 0) is 18.2 Å². The summed E-state index contributed by atoms with van der Waals surface area (Å²) in [6.45, 7) is -0.850. The van der Waals surface area contributed by atoms with Gasteiger partial charge in [0, 0.05) is 23.1 Å². The number of pyridine rings is 1. The highest BCUT2D eigenvalue weighted by Crippen LogP contribution is 2.47. The molecule has 0 radical (unpaired) electrons. The molecule has 0 bridgehead atoms. The summed E-state index contributed by atoms with van der Waals surface area (Å²) in [5.41, 5.74) is 0.457. The van der Waals surface area contributed by atoms with Crippen molar-refractivity contribution in [2.45, 2.75) is 24.1 Å². The van der Waals surface area contributed by atoms with Crippen LogP contribution in [0.2, 0.25) is 5.02 Å². The Hall–Kier alpha value is -3.43.